The molecule has 0 radical (unpaired) electrons. The normalized spacial score (nSPS) is 10.5. The monoisotopic (exact) mass is 399 g/mol. The Morgan fingerprint density at radius 2 is 1.61 bits per heavy atom. The molecule has 0 unspecified atom stereocenters. The first-order valence-electron chi connectivity index (χ1n) is 7.82. The van der Waals surface area contributed by atoms with E-state index in [0.29, 0.717) is 6.07 Å². The Labute approximate surface area is 156 Å². The lowest BCUT2D eigenvalue weighted by molar-refractivity contribution is -0.139. The molecule has 0 saturated heterocycles. The molecule has 0 bridgehead atoms. The van der Waals surface area contributed by atoms with E-state index in [9.17, 15) is 32.3 Å². The molecule has 1 aromatic heterocycles. The molecule has 148 valence electrons. The van der Waals surface area contributed by atoms with E-state index in [1.165, 1.54) is 6.92 Å². The summed E-state index contributed by atoms with van der Waals surface area (Å²) in [6, 6.07) is 0.453. The molecule has 1 aromatic carbocycles. The lowest BCUT2D eigenvalue weighted by atomic mass is 10.1. The highest BCUT2D eigenvalue weighted by atomic mass is 19.2. The highest BCUT2D eigenvalue weighted by molar-refractivity contribution is 6.44. The van der Waals surface area contributed by atoms with Crippen LogP contribution in [-0.2, 0) is 30.1 Å². The number of fused-ring (bicyclic) bond motifs is 1. The number of nitrogens with zero attached hydrogens (tertiary/aromatic N) is 1. The van der Waals surface area contributed by atoms with E-state index in [0.717, 1.165) is 24.6 Å². The number of rotatable bonds is 5. The fourth-order valence-electron chi connectivity index (χ4n) is 2.35. The van der Waals surface area contributed by atoms with Gasteiger partial charge in [0, 0.05) is 26.6 Å². The first-order valence-corrected chi connectivity index (χ1v) is 7.82. The third-order valence-electron chi connectivity index (χ3n) is 3.49. The molecule has 2 rings (SSSR count). The van der Waals surface area contributed by atoms with Crippen molar-refractivity contribution in [2.24, 2.45) is 0 Å². The van der Waals surface area contributed by atoms with E-state index in [4.69, 9.17) is 0 Å². The Bertz CT molecular complexity index is 1020. The van der Waals surface area contributed by atoms with Crippen LogP contribution in [0.25, 0.3) is 10.9 Å². The summed E-state index contributed by atoms with van der Waals surface area (Å²) >= 11 is 0. The van der Waals surface area contributed by atoms with Crippen molar-refractivity contribution < 1.29 is 41.5 Å². The number of aryl methyl sites for hydroxylation is 1. The second-order valence-corrected chi connectivity index (χ2v) is 5.45. The van der Waals surface area contributed by atoms with Gasteiger partial charge in [-0.25, -0.2) is 18.0 Å². The van der Waals surface area contributed by atoms with Crippen LogP contribution in [0.15, 0.2) is 17.1 Å². The van der Waals surface area contributed by atoms with Gasteiger partial charge in [0.15, 0.2) is 17.5 Å². The van der Waals surface area contributed by atoms with Crippen LogP contribution in [0.5, 0.6) is 0 Å². The maximum Gasteiger partial charge on any atom is 0.870 e. The van der Waals surface area contributed by atoms with Crippen molar-refractivity contribution >= 4 is 36.1 Å². The molecule has 0 amide bonds. The van der Waals surface area contributed by atoms with Crippen LogP contribution in [0.4, 0.5) is 13.2 Å². The number of pyridine rings is 1. The zero-order chi connectivity index (χ0) is 21.2. The second kappa shape index (κ2) is 8.15. The van der Waals surface area contributed by atoms with Gasteiger partial charge in [0.05, 0.1) is 10.9 Å². The highest BCUT2D eigenvalue weighted by Crippen LogP contribution is 2.22. The summed E-state index contributed by atoms with van der Waals surface area (Å²) < 4.78 is 55.8. The van der Waals surface area contributed by atoms with Gasteiger partial charge < -0.3 is 18.5 Å². The van der Waals surface area contributed by atoms with Gasteiger partial charge in [-0.1, -0.05) is 0 Å². The molecule has 0 aliphatic carbocycles. The summed E-state index contributed by atoms with van der Waals surface area (Å²) in [6.07, 6.45) is 0.867. The minimum atomic E-state index is -2.07. The van der Waals surface area contributed by atoms with Crippen LogP contribution in [0.3, 0.4) is 0 Å². The molecule has 2 aromatic rings. The molecular formula is C16H13BF3NO7. The Balaban J connectivity index is 2.57. The zero-order valence-electron chi connectivity index (χ0n) is 14.9. The van der Waals surface area contributed by atoms with Gasteiger partial charge in [0.2, 0.25) is 5.43 Å². The van der Waals surface area contributed by atoms with Gasteiger partial charge in [0.1, 0.15) is 5.56 Å². The van der Waals surface area contributed by atoms with Crippen LogP contribution in [-0.4, -0.2) is 29.8 Å². The maximum absolute atomic E-state index is 14.1. The van der Waals surface area contributed by atoms with Gasteiger partial charge in [-0.15, -0.1) is 0 Å². The summed E-state index contributed by atoms with van der Waals surface area (Å²) in [7, 11) is -2.07. The molecule has 0 fully saturated rings. The van der Waals surface area contributed by atoms with Crippen molar-refractivity contribution in [2.45, 2.75) is 27.3 Å². The molecule has 28 heavy (non-hydrogen) atoms. The predicted molar refractivity (Wildman–Crippen MR) is 88.5 cm³/mol. The van der Waals surface area contributed by atoms with Crippen molar-refractivity contribution in [2.75, 3.05) is 0 Å². The summed E-state index contributed by atoms with van der Waals surface area (Å²) in [5.41, 5.74) is -2.41. The lowest BCUT2D eigenvalue weighted by Crippen LogP contribution is -2.35. The van der Waals surface area contributed by atoms with Crippen molar-refractivity contribution in [3.8, 4) is 0 Å². The Morgan fingerprint density at radius 3 is 2.11 bits per heavy atom. The van der Waals surface area contributed by atoms with Crippen LogP contribution in [0.2, 0.25) is 0 Å². The van der Waals surface area contributed by atoms with E-state index in [1.807, 2.05) is 0 Å². The predicted octanol–water partition coefficient (Wildman–Crippen LogP) is 1.71. The van der Waals surface area contributed by atoms with E-state index in [1.54, 1.807) is 0 Å². The van der Waals surface area contributed by atoms with Gasteiger partial charge >= 0.3 is 13.3 Å². The van der Waals surface area contributed by atoms with Crippen LogP contribution < -0.4 is 5.43 Å². The number of hydrogen-bond acceptors (Lipinski definition) is 7. The van der Waals surface area contributed by atoms with Crippen LogP contribution in [0, 0.1) is 17.5 Å². The summed E-state index contributed by atoms with van der Waals surface area (Å²) in [5, 5.41) is -0.607. The second-order valence-electron chi connectivity index (χ2n) is 5.45. The fourth-order valence-corrected chi connectivity index (χ4v) is 2.35. The molecule has 0 saturated carbocycles. The number of aromatic nitrogens is 1. The van der Waals surface area contributed by atoms with Crippen molar-refractivity contribution in [1.29, 1.82) is 0 Å². The van der Waals surface area contributed by atoms with Gasteiger partial charge in [0.25, 0.3) is 11.9 Å². The third-order valence-corrected chi connectivity index (χ3v) is 3.49. The zero-order valence-corrected chi connectivity index (χ0v) is 14.9. The minimum absolute atomic E-state index is 0.0175. The molecule has 0 N–H and O–H groups in total. The highest BCUT2D eigenvalue weighted by Gasteiger charge is 2.36. The molecule has 0 aliphatic heterocycles. The average molecular weight is 399 g/mol. The lowest BCUT2D eigenvalue weighted by Gasteiger charge is -2.14. The summed E-state index contributed by atoms with van der Waals surface area (Å²) in [5.74, 6) is -8.29. The van der Waals surface area contributed by atoms with Crippen molar-refractivity contribution in [3.05, 3.63) is 45.5 Å². The van der Waals surface area contributed by atoms with Crippen LogP contribution in [0.1, 0.15) is 31.1 Å². The molecule has 12 heteroatoms. The minimum Gasteiger partial charge on any atom is -0.462 e. The quantitative estimate of drug-likeness (QED) is 0.557. The number of halogens is 3. The van der Waals surface area contributed by atoms with Gasteiger partial charge in [-0.05, 0) is 13.0 Å². The molecule has 8 nitrogen and oxygen atoms in total. The third kappa shape index (κ3) is 4.16. The molecular weight excluding hydrogens is 386 g/mol. The Morgan fingerprint density at radius 1 is 1.04 bits per heavy atom. The summed E-state index contributed by atoms with van der Waals surface area (Å²) in [6.45, 7) is 3.38. The molecule has 0 spiro atoms. The van der Waals surface area contributed by atoms with Gasteiger partial charge in [-0.2, -0.15) is 0 Å². The van der Waals surface area contributed by atoms with E-state index >= 15 is 0 Å². The standard InChI is InChI=1S/C16H13BF3NO7/c1-4-21-6-10(16(25)28-17(26-7(2)22)27-8(3)23)15(24)9-5-11(18)12(19)13(20)14(9)21/h5-6H,4H2,1-3H3. The topological polar surface area (TPSA) is 101 Å². The Hall–Kier alpha value is -3.31. The van der Waals surface area contributed by atoms with E-state index in [2.05, 4.69) is 14.0 Å². The van der Waals surface area contributed by atoms with E-state index in [-0.39, 0.29) is 6.54 Å². The summed E-state index contributed by atoms with van der Waals surface area (Å²) in [4.78, 5) is 46.8. The fraction of sp³-hybridized carbons (Fsp3) is 0.250. The number of hydrogen-bond donors (Lipinski definition) is 0. The van der Waals surface area contributed by atoms with Crippen molar-refractivity contribution in [1.82, 2.24) is 4.57 Å². The number of benzene rings is 1. The smallest absolute Gasteiger partial charge is 0.462 e. The molecule has 0 atom stereocenters. The first-order chi connectivity index (χ1) is 13.1. The van der Waals surface area contributed by atoms with Crippen molar-refractivity contribution in [3.63, 3.8) is 0 Å². The first kappa shape index (κ1) is 21.0. The van der Waals surface area contributed by atoms with E-state index < -0.39 is 64.6 Å². The molecule has 1 heterocycles. The maximum atomic E-state index is 14.1. The largest absolute Gasteiger partial charge is 0.870 e. The number of carbonyl (C=O) groups is 3. The van der Waals surface area contributed by atoms with Gasteiger partial charge in [-0.3, -0.25) is 14.4 Å². The Kier molecular flexibility index (Phi) is 6.11. The molecule has 0 aliphatic rings. The average Bonchev–Trinajstić information content (AvgIpc) is 2.59. The SMILES string of the molecule is CCn1cc(C(=O)OB(OC(C)=O)OC(C)=O)c(=O)c2cc(F)c(F)c(F)c21. The number of carbonyl (C=O) groups excluding carboxylic acids is 3. The van der Waals surface area contributed by atoms with Crippen LogP contribution >= 0.6 is 0 Å².